The Hall–Kier alpha value is -2.28. The number of aromatic nitrogens is 1. The van der Waals surface area contributed by atoms with Crippen LogP contribution < -0.4 is 10.6 Å². The molecule has 2 aromatic rings. The summed E-state index contributed by atoms with van der Waals surface area (Å²) in [4.78, 5) is 16.2. The molecule has 0 aliphatic rings. The highest BCUT2D eigenvalue weighted by molar-refractivity contribution is 6.34. The van der Waals surface area contributed by atoms with Crippen LogP contribution in [0.2, 0.25) is 5.02 Å². The van der Waals surface area contributed by atoms with Crippen LogP contribution in [-0.2, 0) is 6.18 Å². The molecule has 8 heteroatoms. The predicted molar refractivity (Wildman–Crippen MR) is 87.4 cm³/mol. The van der Waals surface area contributed by atoms with Crippen molar-refractivity contribution >= 4 is 29.0 Å². The Kier molecular flexibility index (Phi) is 5.33. The fourth-order valence-electron chi connectivity index (χ4n) is 1.90. The van der Waals surface area contributed by atoms with Crippen molar-refractivity contribution in [3.05, 3.63) is 52.7 Å². The van der Waals surface area contributed by atoms with Gasteiger partial charge in [-0.2, -0.15) is 13.2 Å². The van der Waals surface area contributed by atoms with E-state index in [1.54, 1.807) is 6.07 Å². The van der Waals surface area contributed by atoms with Crippen molar-refractivity contribution in [3.63, 3.8) is 0 Å². The molecule has 0 radical (unpaired) electrons. The summed E-state index contributed by atoms with van der Waals surface area (Å²) in [5.74, 6) is -0.00141. The number of nitrogens with one attached hydrogen (secondary N) is 2. The SMILES string of the molecule is CC(C)Nc1ccc(C(=O)Nc2cc(C(F)(F)F)ccc2Cl)cn1. The Morgan fingerprint density at radius 2 is 1.92 bits per heavy atom. The molecule has 0 spiro atoms. The Balaban J connectivity index is 2.17. The van der Waals surface area contributed by atoms with E-state index in [-0.39, 0.29) is 22.3 Å². The molecule has 0 unspecified atom stereocenters. The highest BCUT2D eigenvalue weighted by Crippen LogP contribution is 2.33. The first kappa shape index (κ1) is 18.1. The number of rotatable bonds is 4. The Labute approximate surface area is 142 Å². The van der Waals surface area contributed by atoms with Crippen LogP contribution in [0.5, 0.6) is 0 Å². The molecule has 24 heavy (non-hydrogen) atoms. The van der Waals surface area contributed by atoms with Crippen molar-refractivity contribution in [2.45, 2.75) is 26.1 Å². The quantitative estimate of drug-likeness (QED) is 0.824. The number of carbonyl (C=O) groups excluding carboxylic acids is 1. The number of halogens is 4. The van der Waals surface area contributed by atoms with E-state index in [1.165, 1.54) is 12.3 Å². The number of amides is 1. The van der Waals surface area contributed by atoms with Crippen LogP contribution in [0.15, 0.2) is 36.5 Å². The summed E-state index contributed by atoms with van der Waals surface area (Å²) in [6.07, 6.45) is -3.18. The predicted octanol–water partition coefficient (Wildman–Crippen LogP) is 4.83. The van der Waals surface area contributed by atoms with E-state index in [9.17, 15) is 18.0 Å². The smallest absolute Gasteiger partial charge is 0.368 e. The van der Waals surface area contributed by atoms with Gasteiger partial charge >= 0.3 is 6.18 Å². The van der Waals surface area contributed by atoms with Crippen LogP contribution in [0.4, 0.5) is 24.7 Å². The summed E-state index contributed by atoms with van der Waals surface area (Å²) in [6, 6.07) is 6.06. The largest absolute Gasteiger partial charge is 0.416 e. The topological polar surface area (TPSA) is 54.0 Å². The van der Waals surface area contributed by atoms with E-state index in [4.69, 9.17) is 11.6 Å². The highest BCUT2D eigenvalue weighted by Gasteiger charge is 2.31. The lowest BCUT2D eigenvalue weighted by Gasteiger charge is -2.12. The number of nitrogens with zero attached hydrogens (tertiary/aromatic N) is 1. The zero-order chi connectivity index (χ0) is 17.9. The normalized spacial score (nSPS) is 11.5. The van der Waals surface area contributed by atoms with E-state index in [0.717, 1.165) is 18.2 Å². The first-order chi connectivity index (χ1) is 11.2. The molecular formula is C16H15ClF3N3O. The third-order valence-electron chi connectivity index (χ3n) is 3.00. The Bertz CT molecular complexity index is 730. The van der Waals surface area contributed by atoms with Gasteiger partial charge in [0, 0.05) is 12.2 Å². The lowest BCUT2D eigenvalue weighted by Crippen LogP contribution is -2.15. The molecule has 0 fully saturated rings. The second-order valence-electron chi connectivity index (χ2n) is 5.38. The van der Waals surface area contributed by atoms with Gasteiger partial charge < -0.3 is 10.6 Å². The van der Waals surface area contributed by atoms with Crippen molar-refractivity contribution in [2.24, 2.45) is 0 Å². The summed E-state index contributed by atoms with van der Waals surface area (Å²) < 4.78 is 38.2. The molecule has 0 atom stereocenters. The first-order valence-electron chi connectivity index (χ1n) is 7.07. The molecule has 4 nitrogen and oxygen atoms in total. The number of benzene rings is 1. The van der Waals surface area contributed by atoms with Gasteiger partial charge in [-0.25, -0.2) is 4.98 Å². The second kappa shape index (κ2) is 7.09. The minimum absolute atomic E-state index is 0.0161. The van der Waals surface area contributed by atoms with E-state index in [0.29, 0.717) is 5.82 Å². The molecule has 0 bridgehead atoms. The summed E-state index contributed by atoms with van der Waals surface area (Å²) in [5, 5.41) is 5.45. The van der Waals surface area contributed by atoms with Gasteiger partial charge in [0.05, 0.1) is 21.8 Å². The lowest BCUT2D eigenvalue weighted by atomic mass is 10.2. The van der Waals surface area contributed by atoms with Gasteiger partial charge in [-0.1, -0.05) is 11.6 Å². The number of alkyl halides is 3. The Morgan fingerprint density at radius 3 is 2.46 bits per heavy atom. The maximum absolute atomic E-state index is 12.7. The molecular weight excluding hydrogens is 343 g/mol. The summed E-state index contributed by atoms with van der Waals surface area (Å²) >= 11 is 5.85. The maximum Gasteiger partial charge on any atom is 0.416 e. The average Bonchev–Trinajstić information content (AvgIpc) is 2.48. The van der Waals surface area contributed by atoms with E-state index in [1.807, 2.05) is 13.8 Å². The zero-order valence-electron chi connectivity index (χ0n) is 12.9. The van der Waals surface area contributed by atoms with Crippen LogP contribution in [0.3, 0.4) is 0 Å². The molecule has 0 aliphatic heterocycles. The molecule has 1 aromatic heterocycles. The molecule has 1 heterocycles. The van der Waals surface area contributed by atoms with Crippen molar-refractivity contribution in [2.75, 3.05) is 10.6 Å². The number of hydrogen-bond acceptors (Lipinski definition) is 3. The van der Waals surface area contributed by atoms with Gasteiger partial charge in [0.1, 0.15) is 5.82 Å². The van der Waals surface area contributed by atoms with Crippen LogP contribution in [0, 0.1) is 0 Å². The number of carbonyl (C=O) groups is 1. The van der Waals surface area contributed by atoms with Crippen molar-refractivity contribution in [3.8, 4) is 0 Å². The van der Waals surface area contributed by atoms with Gasteiger partial charge in [0.2, 0.25) is 0 Å². The fourth-order valence-corrected chi connectivity index (χ4v) is 2.07. The molecule has 0 saturated carbocycles. The minimum atomic E-state index is -4.52. The fraction of sp³-hybridized carbons (Fsp3) is 0.250. The minimum Gasteiger partial charge on any atom is -0.368 e. The lowest BCUT2D eigenvalue weighted by molar-refractivity contribution is -0.137. The molecule has 2 rings (SSSR count). The van der Waals surface area contributed by atoms with Crippen molar-refractivity contribution in [1.82, 2.24) is 4.98 Å². The summed E-state index contributed by atoms with van der Waals surface area (Å²) in [6.45, 7) is 3.88. The second-order valence-corrected chi connectivity index (χ2v) is 5.78. The highest BCUT2D eigenvalue weighted by atomic mass is 35.5. The van der Waals surface area contributed by atoms with Crippen LogP contribution >= 0.6 is 11.6 Å². The number of anilines is 2. The van der Waals surface area contributed by atoms with Crippen molar-refractivity contribution < 1.29 is 18.0 Å². The molecule has 128 valence electrons. The molecule has 1 aromatic carbocycles. The standard InChI is InChI=1S/C16H15ClF3N3O/c1-9(2)22-14-6-3-10(8-21-14)15(24)23-13-7-11(16(18,19)20)4-5-12(13)17/h3-9H,1-2H3,(H,21,22)(H,23,24). The van der Waals surface area contributed by atoms with Crippen LogP contribution in [0.1, 0.15) is 29.8 Å². The monoisotopic (exact) mass is 357 g/mol. The average molecular weight is 358 g/mol. The van der Waals surface area contributed by atoms with Gasteiger partial charge in [-0.05, 0) is 44.2 Å². The first-order valence-corrected chi connectivity index (χ1v) is 7.45. The van der Waals surface area contributed by atoms with Gasteiger partial charge in [-0.15, -0.1) is 0 Å². The van der Waals surface area contributed by atoms with Crippen LogP contribution in [-0.4, -0.2) is 16.9 Å². The van der Waals surface area contributed by atoms with Gasteiger partial charge in [0.15, 0.2) is 0 Å². The number of hydrogen-bond donors (Lipinski definition) is 2. The van der Waals surface area contributed by atoms with Crippen molar-refractivity contribution in [1.29, 1.82) is 0 Å². The third-order valence-corrected chi connectivity index (χ3v) is 3.33. The molecule has 2 N–H and O–H groups in total. The van der Waals surface area contributed by atoms with Crippen LogP contribution in [0.25, 0.3) is 0 Å². The number of pyridine rings is 1. The Morgan fingerprint density at radius 1 is 1.21 bits per heavy atom. The van der Waals surface area contributed by atoms with E-state index < -0.39 is 17.6 Å². The zero-order valence-corrected chi connectivity index (χ0v) is 13.7. The summed E-state index contributed by atoms with van der Waals surface area (Å²) in [5.41, 5.74) is -0.796. The summed E-state index contributed by atoms with van der Waals surface area (Å²) in [7, 11) is 0. The molecule has 0 aliphatic carbocycles. The van der Waals surface area contributed by atoms with Gasteiger partial charge in [-0.3, -0.25) is 4.79 Å². The molecule has 1 amide bonds. The van der Waals surface area contributed by atoms with Gasteiger partial charge in [0.25, 0.3) is 5.91 Å². The molecule has 0 saturated heterocycles. The van der Waals surface area contributed by atoms with E-state index in [2.05, 4.69) is 15.6 Å². The third kappa shape index (κ3) is 4.61. The van der Waals surface area contributed by atoms with E-state index >= 15 is 0 Å². The maximum atomic E-state index is 12.7.